The van der Waals surface area contributed by atoms with E-state index in [9.17, 15) is 13.2 Å². The summed E-state index contributed by atoms with van der Waals surface area (Å²) in [6, 6.07) is 9.29. The molecule has 5 nitrogen and oxygen atoms in total. The summed E-state index contributed by atoms with van der Waals surface area (Å²) in [4.78, 5) is 12.2. The van der Waals surface area contributed by atoms with Gasteiger partial charge in [0.2, 0.25) is 10.0 Å². The Morgan fingerprint density at radius 2 is 1.86 bits per heavy atom. The first kappa shape index (κ1) is 16.5. The lowest BCUT2D eigenvalue weighted by Crippen LogP contribution is -2.16. The van der Waals surface area contributed by atoms with Gasteiger partial charge in [0.25, 0.3) is 5.91 Å². The summed E-state index contributed by atoms with van der Waals surface area (Å²) in [5.74, 6) is -0.378. The van der Waals surface area contributed by atoms with E-state index in [1.165, 1.54) is 18.2 Å². The van der Waals surface area contributed by atoms with Gasteiger partial charge < -0.3 is 5.32 Å². The third kappa shape index (κ3) is 3.65. The van der Waals surface area contributed by atoms with Gasteiger partial charge in [0, 0.05) is 16.3 Å². The lowest BCUT2D eigenvalue weighted by Gasteiger charge is -2.13. The van der Waals surface area contributed by atoms with Crippen molar-refractivity contribution in [2.24, 2.45) is 5.14 Å². The number of sulfonamides is 1. The van der Waals surface area contributed by atoms with Gasteiger partial charge in [0.05, 0.1) is 4.90 Å². The molecule has 116 valence electrons. The fourth-order valence-electron chi connectivity index (χ4n) is 1.94. The quantitative estimate of drug-likeness (QED) is 0.901. The van der Waals surface area contributed by atoms with E-state index < -0.39 is 10.0 Å². The van der Waals surface area contributed by atoms with Crippen molar-refractivity contribution in [1.82, 2.24) is 0 Å². The van der Waals surface area contributed by atoms with Crippen LogP contribution in [0.4, 0.5) is 5.69 Å². The van der Waals surface area contributed by atoms with Gasteiger partial charge >= 0.3 is 0 Å². The smallest absolute Gasteiger partial charge is 0.255 e. The van der Waals surface area contributed by atoms with Gasteiger partial charge in [0.15, 0.2) is 0 Å². The summed E-state index contributed by atoms with van der Waals surface area (Å²) >= 11 is 5.86. The van der Waals surface area contributed by atoms with Crippen LogP contribution in [0.25, 0.3) is 0 Å². The minimum atomic E-state index is -3.84. The molecule has 2 rings (SSSR count). The zero-order chi connectivity index (χ0) is 16.5. The van der Waals surface area contributed by atoms with Gasteiger partial charge in [-0.25, -0.2) is 13.6 Å². The maximum Gasteiger partial charge on any atom is 0.255 e. The number of carbonyl (C=O) groups excluding carboxylic acids is 1. The number of nitrogens with two attached hydrogens (primary N) is 1. The Morgan fingerprint density at radius 3 is 2.45 bits per heavy atom. The molecule has 0 unspecified atom stereocenters. The molecular formula is C15H15ClN2O3S. The summed E-state index contributed by atoms with van der Waals surface area (Å²) in [5.41, 5.74) is 2.26. The molecule has 2 aromatic rings. The van der Waals surface area contributed by atoms with Crippen LogP contribution >= 0.6 is 11.6 Å². The van der Waals surface area contributed by atoms with E-state index in [4.69, 9.17) is 16.7 Å². The van der Waals surface area contributed by atoms with Crippen molar-refractivity contribution in [3.63, 3.8) is 0 Å². The van der Waals surface area contributed by atoms with Gasteiger partial charge in [-0.15, -0.1) is 0 Å². The van der Waals surface area contributed by atoms with E-state index in [-0.39, 0.29) is 10.8 Å². The molecule has 3 N–H and O–H groups in total. The first-order chi connectivity index (χ1) is 10.2. The summed E-state index contributed by atoms with van der Waals surface area (Å²) < 4.78 is 23.0. The van der Waals surface area contributed by atoms with Crippen LogP contribution in [0.2, 0.25) is 5.02 Å². The number of anilines is 1. The molecule has 2 aromatic carbocycles. The average molecular weight is 339 g/mol. The first-order valence-corrected chi connectivity index (χ1v) is 8.32. The fourth-order valence-corrected chi connectivity index (χ4v) is 2.76. The average Bonchev–Trinajstić information content (AvgIpc) is 2.42. The number of hydrogen-bond acceptors (Lipinski definition) is 3. The third-order valence-electron chi connectivity index (χ3n) is 3.30. The molecule has 1 amide bonds. The number of rotatable bonds is 3. The molecule has 7 heteroatoms. The zero-order valence-corrected chi connectivity index (χ0v) is 13.6. The highest BCUT2D eigenvalue weighted by Gasteiger charge is 2.15. The van der Waals surface area contributed by atoms with Crippen molar-refractivity contribution in [2.45, 2.75) is 18.7 Å². The van der Waals surface area contributed by atoms with Gasteiger partial charge in [-0.1, -0.05) is 17.7 Å². The summed E-state index contributed by atoms with van der Waals surface area (Å²) in [5, 5.41) is 8.28. The standard InChI is InChI=1S/C15H15ClN2O3S/c1-9-6-13(22(17,20)21)8-14(10(9)2)18-15(19)11-4-3-5-12(16)7-11/h3-8H,1-2H3,(H,18,19)(H2,17,20,21). The molecule has 0 fully saturated rings. The molecule has 0 aromatic heterocycles. The van der Waals surface area contributed by atoms with Crippen molar-refractivity contribution in [1.29, 1.82) is 0 Å². The van der Waals surface area contributed by atoms with Crippen LogP contribution in [-0.4, -0.2) is 14.3 Å². The van der Waals surface area contributed by atoms with Crippen LogP contribution in [0.1, 0.15) is 21.5 Å². The Hall–Kier alpha value is -1.89. The SMILES string of the molecule is Cc1cc(S(N)(=O)=O)cc(NC(=O)c2cccc(Cl)c2)c1C. The number of amides is 1. The molecular weight excluding hydrogens is 324 g/mol. The minimum absolute atomic E-state index is 0.0444. The van der Waals surface area contributed by atoms with Crippen LogP contribution in [-0.2, 0) is 10.0 Å². The number of hydrogen-bond donors (Lipinski definition) is 2. The second-order valence-corrected chi connectivity index (χ2v) is 6.92. The molecule has 0 saturated carbocycles. The van der Waals surface area contributed by atoms with Crippen molar-refractivity contribution < 1.29 is 13.2 Å². The molecule has 0 aliphatic rings. The summed E-state index contributed by atoms with van der Waals surface area (Å²) in [6.45, 7) is 3.54. The van der Waals surface area contributed by atoms with Crippen LogP contribution in [0.3, 0.4) is 0 Å². The minimum Gasteiger partial charge on any atom is -0.322 e. The van der Waals surface area contributed by atoms with Crippen molar-refractivity contribution in [2.75, 3.05) is 5.32 Å². The topological polar surface area (TPSA) is 89.3 Å². The highest BCUT2D eigenvalue weighted by Crippen LogP contribution is 2.24. The van der Waals surface area contributed by atoms with Gasteiger partial charge in [-0.3, -0.25) is 4.79 Å². The van der Waals surface area contributed by atoms with Gasteiger partial charge in [-0.05, 0) is 55.3 Å². The van der Waals surface area contributed by atoms with E-state index in [0.29, 0.717) is 21.8 Å². The van der Waals surface area contributed by atoms with Crippen LogP contribution in [0.5, 0.6) is 0 Å². The maximum atomic E-state index is 12.2. The first-order valence-electron chi connectivity index (χ1n) is 6.39. The second-order valence-electron chi connectivity index (χ2n) is 4.92. The molecule has 0 saturated heterocycles. The second kappa shape index (κ2) is 6.08. The lowest BCUT2D eigenvalue weighted by molar-refractivity contribution is 0.102. The largest absolute Gasteiger partial charge is 0.322 e. The van der Waals surface area contributed by atoms with Crippen LogP contribution in [0, 0.1) is 13.8 Å². The van der Waals surface area contributed by atoms with Crippen molar-refractivity contribution in [3.05, 3.63) is 58.1 Å². The Labute approximate surface area is 134 Å². The molecule has 0 bridgehead atoms. The number of primary sulfonamides is 1. The van der Waals surface area contributed by atoms with E-state index in [0.717, 1.165) is 5.56 Å². The predicted octanol–water partition coefficient (Wildman–Crippen LogP) is 2.86. The molecule has 0 radical (unpaired) electrons. The number of carbonyl (C=O) groups is 1. The maximum absolute atomic E-state index is 12.2. The van der Waals surface area contributed by atoms with E-state index in [1.54, 1.807) is 32.0 Å². The normalized spacial score (nSPS) is 11.3. The molecule has 0 atom stereocenters. The summed E-state index contributed by atoms with van der Waals surface area (Å²) in [6.07, 6.45) is 0. The molecule has 0 heterocycles. The van der Waals surface area contributed by atoms with Crippen LogP contribution < -0.4 is 10.5 Å². The Morgan fingerprint density at radius 1 is 1.18 bits per heavy atom. The highest BCUT2D eigenvalue weighted by atomic mass is 35.5. The monoisotopic (exact) mass is 338 g/mol. The van der Waals surface area contributed by atoms with Crippen molar-refractivity contribution >= 4 is 33.2 Å². The predicted molar refractivity (Wildman–Crippen MR) is 86.7 cm³/mol. The number of halogens is 1. The fraction of sp³-hybridized carbons (Fsp3) is 0.133. The number of nitrogens with one attached hydrogen (secondary N) is 1. The molecule has 0 spiro atoms. The summed E-state index contributed by atoms with van der Waals surface area (Å²) in [7, 11) is -3.84. The lowest BCUT2D eigenvalue weighted by atomic mass is 10.1. The van der Waals surface area contributed by atoms with Crippen molar-refractivity contribution in [3.8, 4) is 0 Å². The third-order valence-corrected chi connectivity index (χ3v) is 4.43. The number of aryl methyl sites for hydroxylation is 1. The van der Waals surface area contributed by atoms with E-state index in [2.05, 4.69) is 5.32 Å². The Balaban J connectivity index is 2.41. The Bertz CT molecular complexity index is 848. The van der Waals surface area contributed by atoms with E-state index >= 15 is 0 Å². The molecule has 0 aliphatic carbocycles. The van der Waals surface area contributed by atoms with E-state index in [1.807, 2.05) is 0 Å². The molecule has 0 aliphatic heterocycles. The number of benzene rings is 2. The zero-order valence-electron chi connectivity index (χ0n) is 12.1. The van der Waals surface area contributed by atoms with Gasteiger partial charge in [-0.2, -0.15) is 0 Å². The Kier molecular flexibility index (Phi) is 4.55. The highest BCUT2D eigenvalue weighted by molar-refractivity contribution is 7.89. The van der Waals surface area contributed by atoms with Crippen LogP contribution in [0.15, 0.2) is 41.3 Å². The molecule has 22 heavy (non-hydrogen) atoms. The van der Waals surface area contributed by atoms with Gasteiger partial charge in [0.1, 0.15) is 0 Å².